The van der Waals surface area contributed by atoms with Gasteiger partial charge in [0.25, 0.3) is 0 Å². The van der Waals surface area contributed by atoms with Crippen LogP contribution in [0, 0.1) is 6.92 Å². The second kappa shape index (κ2) is 3.39. The molecule has 2 N–H and O–H groups in total. The van der Waals surface area contributed by atoms with Crippen LogP contribution >= 0.6 is 11.6 Å². The zero-order valence-electron chi connectivity index (χ0n) is 7.75. The van der Waals surface area contributed by atoms with Gasteiger partial charge in [0.15, 0.2) is 0 Å². The van der Waals surface area contributed by atoms with E-state index in [9.17, 15) is 0 Å². The van der Waals surface area contributed by atoms with Crippen LogP contribution in [0.25, 0.3) is 11.3 Å². The molecule has 72 valence electrons. The summed E-state index contributed by atoms with van der Waals surface area (Å²) >= 11 is 5.90. The van der Waals surface area contributed by atoms with Crippen molar-refractivity contribution in [2.45, 2.75) is 6.92 Å². The number of hydrogen-bond acceptors (Lipinski definition) is 2. The summed E-state index contributed by atoms with van der Waals surface area (Å²) in [7, 11) is 0. The summed E-state index contributed by atoms with van der Waals surface area (Å²) in [5.41, 5.74) is 7.23. The molecule has 0 aliphatic rings. The molecule has 0 saturated carbocycles. The standard InChI is InChI=1S/C11H10ClNO/c1-7-5-6-10(14-7)8-3-2-4-9(12)11(8)13/h2-6H,13H2,1H3. The second-order valence-corrected chi connectivity index (χ2v) is 3.52. The summed E-state index contributed by atoms with van der Waals surface area (Å²) in [5.74, 6) is 1.61. The van der Waals surface area contributed by atoms with E-state index >= 15 is 0 Å². The van der Waals surface area contributed by atoms with E-state index in [0.29, 0.717) is 10.7 Å². The van der Waals surface area contributed by atoms with Crippen LogP contribution in [0.15, 0.2) is 34.7 Å². The number of para-hydroxylation sites is 1. The number of aryl methyl sites for hydroxylation is 1. The van der Waals surface area contributed by atoms with Crippen molar-refractivity contribution >= 4 is 17.3 Å². The van der Waals surface area contributed by atoms with Crippen LogP contribution < -0.4 is 5.73 Å². The topological polar surface area (TPSA) is 39.2 Å². The van der Waals surface area contributed by atoms with Crippen molar-refractivity contribution in [2.24, 2.45) is 0 Å². The molecule has 0 saturated heterocycles. The molecule has 14 heavy (non-hydrogen) atoms. The van der Waals surface area contributed by atoms with E-state index in [1.807, 2.05) is 31.2 Å². The molecule has 1 aromatic heterocycles. The van der Waals surface area contributed by atoms with Gasteiger partial charge < -0.3 is 10.2 Å². The number of furan rings is 1. The molecule has 0 spiro atoms. The van der Waals surface area contributed by atoms with E-state index in [1.165, 1.54) is 0 Å². The smallest absolute Gasteiger partial charge is 0.136 e. The fourth-order valence-electron chi connectivity index (χ4n) is 1.33. The van der Waals surface area contributed by atoms with Gasteiger partial charge in [-0.25, -0.2) is 0 Å². The van der Waals surface area contributed by atoms with Crippen LogP contribution in [0.3, 0.4) is 0 Å². The van der Waals surface area contributed by atoms with Crippen molar-refractivity contribution in [1.82, 2.24) is 0 Å². The lowest BCUT2D eigenvalue weighted by atomic mass is 10.1. The summed E-state index contributed by atoms with van der Waals surface area (Å²) in [4.78, 5) is 0. The number of nitrogens with two attached hydrogens (primary N) is 1. The molecule has 0 aliphatic carbocycles. The van der Waals surface area contributed by atoms with Crippen LogP contribution in [0.4, 0.5) is 5.69 Å². The SMILES string of the molecule is Cc1ccc(-c2cccc(Cl)c2N)o1. The molecule has 2 nitrogen and oxygen atoms in total. The number of nitrogen functional groups attached to an aromatic ring is 1. The molecule has 0 bridgehead atoms. The van der Waals surface area contributed by atoms with Crippen LogP contribution in [0.1, 0.15) is 5.76 Å². The third-order valence-electron chi connectivity index (χ3n) is 2.06. The fraction of sp³-hybridized carbons (Fsp3) is 0.0909. The quantitative estimate of drug-likeness (QED) is 0.727. The maximum Gasteiger partial charge on any atom is 0.136 e. The van der Waals surface area contributed by atoms with Gasteiger partial charge in [0.2, 0.25) is 0 Å². The normalized spacial score (nSPS) is 10.4. The van der Waals surface area contributed by atoms with E-state index in [-0.39, 0.29) is 0 Å². The van der Waals surface area contributed by atoms with E-state index in [0.717, 1.165) is 17.1 Å². The van der Waals surface area contributed by atoms with E-state index < -0.39 is 0 Å². The first-order chi connectivity index (χ1) is 6.68. The number of anilines is 1. The van der Waals surface area contributed by atoms with Crippen molar-refractivity contribution in [2.75, 3.05) is 5.73 Å². The van der Waals surface area contributed by atoms with E-state index in [2.05, 4.69) is 0 Å². The molecule has 2 aromatic rings. The highest BCUT2D eigenvalue weighted by Gasteiger charge is 2.08. The second-order valence-electron chi connectivity index (χ2n) is 3.11. The third kappa shape index (κ3) is 1.49. The summed E-state index contributed by atoms with van der Waals surface area (Å²) in [6.07, 6.45) is 0. The molecule has 0 radical (unpaired) electrons. The van der Waals surface area contributed by atoms with Crippen LogP contribution in [-0.2, 0) is 0 Å². The molecule has 1 aromatic carbocycles. The Kier molecular flexibility index (Phi) is 2.22. The Morgan fingerprint density at radius 2 is 2.00 bits per heavy atom. The van der Waals surface area contributed by atoms with Gasteiger partial charge in [0.05, 0.1) is 10.7 Å². The Morgan fingerprint density at radius 3 is 2.64 bits per heavy atom. The monoisotopic (exact) mass is 207 g/mol. The van der Waals surface area contributed by atoms with Gasteiger partial charge in [-0.15, -0.1) is 0 Å². The highest BCUT2D eigenvalue weighted by molar-refractivity contribution is 6.33. The van der Waals surface area contributed by atoms with Gasteiger partial charge in [0, 0.05) is 5.56 Å². The molecule has 0 atom stereocenters. The molecule has 0 aliphatic heterocycles. The lowest BCUT2D eigenvalue weighted by Crippen LogP contribution is -1.89. The van der Waals surface area contributed by atoms with Gasteiger partial charge >= 0.3 is 0 Å². The summed E-state index contributed by atoms with van der Waals surface area (Å²) < 4.78 is 5.47. The molecular formula is C11H10ClNO. The highest BCUT2D eigenvalue weighted by atomic mass is 35.5. The Balaban J connectivity index is 2.57. The molecule has 0 unspecified atom stereocenters. The van der Waals surface area contributed by atoms with E-state index in [4.69, 9.17) is 21.8 Å². The molecule has 1 heterocycles. The maximum atomic E-state index is 5.90. The number of halogens is 1. The third-order valence-corrected chi connectivity index (χ3v) is 2.39. The number of hydrogen-bond donors (Lipinski definition) is 1. The van der Waals surface area contributed by atoms with Crippen molar-refractivity contribution in [1.29, 1.82) is 0 Å². The fourth-order valence-corrected chi connectivity index (χ4v) is 1.51. The average molecular weight is 208 g/mol. The minimum Gasteiger partial charge on any atom is -0.461 e. The lowest BCUT2D eigenvalue weighted by molar-refractivity contribution is 0.548. The van der Waals surface area contributed by atoms with Gasteiger partial charge in [0.1, 0.15) is 11.5 Å². The first-order valence-corrected chi connectivity index (χ1v) is 4.67. The average Bonchev–Trinajstić information content (AvgIpc) is 2.57. The molecular weight excluding hydrogens is 198 g/mol. The first-order valence-electron chi connectivity index (χ1n) is 4.29. The zero-order valence-corrected chi connectivity index (χ0v) is 8.51. The number of rotatable bonds is 1. The van der Waals surface area contributed by atoms with Gasteiger partial charge in [-0.3, -0.25) is 0 Å². The zero-order chi connectivity index (χ0) is 10.1. The Labute approximate surface area is 87.3 Å². The lowest BCUT2D eigenvalue weighted by Gasteiger charge is -2.03. The predicted molar refractivity (Wildman–Crippen MR) is 58.3 cm³/mol. The largest absolute Gasteiger partial charge is 0.461 e. The summed E-state index contributed by atoms with van der Waals surface area (Å²) in [6, 6.07) is 9.29. The van der Waals surface area contributed by atoms with Crippen molar-refractivity contribution < 1.29 is 4.42 Å². The minimum absolute atomic E-state index is 0.552. The van der Waals surface area contributed by atoms with Crippen molar-refractivity contribution in [3.63, 3.8) is 0 Å². The summed E-state index contributed by atoms with van der Waals surface area (Å²) in [5, 5.41) is 0.552. The van der Waals surface area contributed by atoms with Crippen molar-refractivity contribution in [3.8, 4) is 11.3 Å². The van der Waals surface area contributed by atoms with Gasteiger partial charge in [-0.2, -0.15) is 0 Å². The Morgan fingerprint density at radius 1 is 1.21 bits per heavy atom. The molecule has 3 heteroatoms. The van der Waals surface area contributed by atoms with E-state index in [1.54, 1.807) is 6.07 Å². The Bertz CT molecular complexity index is 462. The predicted octanol–water partition coefficient (Wildman–Crippen LogP) is 3.49. The molecule has 2 rings (SSSR count). The molecule has 0 fully saturated rings. The van der Waals surface area contributed by atoms with Crippen LogP contribution in [0.5, 0.6) is 0 Å². The van der Waals surface area contributed by atoms with Crippen molar-refractivity contribution in [3.05, 3.63) is 41.1 Å². The van der Waals surface area contributed by atoms with Crippen LogP contribution in [0.2, 0.25) is 5.02 Å². The van der Waals surface area contributed by atoms with Gasteiger partial charge in [-0.05, 0) is 31.2 Å². The molecule has 0 amide bonds. The summed E-state index contributed by atoms with van der Waals surface area (Å²) in [6.45, 7) is 1.89. The maximum absolute atomic E-state index is 5.90. The van der Waals surface area contributed by atoms with Crippen LogP contribution in [-0.4, -0.2) is 0 Å². The Hall–Kier alpha value is -1.41. The highest BCUT2D eigenvalue weighted by Crippen LogP contribution is 2.32. The first kappa shape index (κ1) is 9.16. The number of benzene rings is 1. The minimum atomic E-state index is 0.552. The van der Waals surface area contributed by atoms with Gasteiger partial charge in [-0.1, -0.05) is 17.7 Å².